The minimum absolute atomic E-state index is 0.243. The predicted molar refractivity (Wildman–Crippen MR) is 77.0 cm³/mol. The summed E-state index contributed by atoms with van der Waals surface area (Å²) in [6.07, 6.45) is 5.72. The first-order valence-electron chi connectivity index (χ1n) is 6.13. The van der Waals surface area contributed by atoms with Gasteiger partial charge in [-0.2, -0.15) is 0 Å². The second kappa shape index (κ2) is 6.07. The van der Waals surface area contributed by atoms with E-state index in [1.807, 2.05) is 0 Å². The maximum atomic E-state index is 10.6. The van der Waals surface area contributed by atoms with E-state index in [4.69, 9.17) is 16.3 Å². The molecule has 4 heteroatoms. The molecule has 0 saturated heterocycles. The summed E-state index contributed by atoms with van der Waals surface area (Å²) in [5, 5.41) is 1.46. The minimum atomic E-state index is 0.243. The summed E-state index contributed by atoms with van der Waals surface area (Å²) in [6.45, 7) is 0.679. The van der Waals surface area contributed by atoms with Gasteiger partial charge in [-0.25, -0.2) is 0 Å². The van der Waals surface area contributed by atoms with Crippen LogP contribution in [0.1, 0.15) is 36.0 Å². The van der Waals surface area contributed by atoms with Gasteiger partial charge in [0.15, 0.2) is 0 Å². The van der Waals surface area contributed by atoms with Crippen LogP contribution >= 0.6 is 27.5 Å². The Kier molecular flexibility index (Phi) is 4.68. The minimum Gasteiger partial charge on any atom is -0.491 e. The highest BCUT2D eigenvalue weighted by Crippen LogP contribution is 2.40. The fraction of sp³-hybridized carbons (Fsp3) is 0.500. The number of hydrogen-bond donors (Lipinski definition) is 0. The van der Waals surface area contributed by atoms with Crippen molar-refractivity contribution < 1.29 is 9.53 Å². The summed E-state index contributed by atoms with van der Waals surface area (Å²) >= 11 is 9.68. The first-order chi connectivity index (χ1) is 8.69. The van der Waals surface area contributed by atoms with E-state index < -0.39 is 0 Å². The summed E-state index contributed by atoms with van der Waals surface area (Å²) in [7, 11) is 0. The molecule has 0 aromatic heterocycles. The standard InChI is InChI=1S/C14H16BrClO2/c15-9-14(5-1-2-6-14)10-18-13-4-3-11(8-17)7-12(13)16/h3-4,7-8H,1-2,5-6,9-10H2. The lowest BCUT2D eigenvalue weighted by Crippen LogP contribution is -2.27. The van der Waals surface area contributed by atoms with E-state index in [2.05, 4.69) is 15.9 Å². The van der Waals surface area contributed by atoms with Crippen molar-refractivity contribution in [1.82, 2.24) is 0 Å². The molecule has 2 nitrogen and oxygen atoms in total. The number of rotatable bonds is 5. The zero-order valence-corrected chi connectivity index (χ0v) is 12.5. The molecule has 1 saturated carbocycles. The monoisotopic (exact) mass is 330 g/mol. The fourth-order valence-corrected chi connectivity index (χ4v) is 3.35. The van der Waals surface area contributed by atoms with Crippen molar-refractivity contribution in [3.05, 3.63) is 28.8 Å². The highest BCUT2D eigenvalue weighted by Gasteiger charge is 2.33. The van der Waals surface area contributed by atoms with Crippen LogP contribution in [0.4, 0.5) is 0 Å². The Hall–Kier alpha value is -0.540. The van der Waals surface area contributed by atoms with Crippen molar-refractivity contribution in [3.63, 3.8) is 0 Å². The first kappa shape index (κ1) is 13.9. The summed E-state index contributed by atoms with van der Waals surface area (Å²) in [4.78, 5) is 10.6. The van der Waals surface area contributed by atoms with Gasteiger partial charge in [0.1, 0.15) is 12.0 Å². The highest BCUT2D eigenvalue weighted by molar-refractivity contribution is 9.09. The van der Waals surface area contributed by atoms with E-state index in [0.717, 1.165) is 11.6 Å². The number of alkyl halides is 1. The molecule has 98 valence electrons. The van der Waals surface area contributed by atoms with Crippen LogP contribution in [0.5, 0.6) is 5.75 Å². The molecule has 0 radical (unpaired) electrons. The van der Waals surface area contributed by atoms with Gasteiger partial charge in [0.05, 0.1) is 11.6 Å². The van der Waals surface area contributed by atoms with Crippen LogP contribution in [0.25, 0.3) is 0 Å². The van der Waals surface area contributed by atoms with Crippen LogP contribution in [0, 0.1) is 5.41 Å². The zero-order valence-electron chi connectivity index (χ0n) is 10.1. The summed E-state index contributed by atoms with van der Waals surface area (Å²) in [5.74, 6) is 0.662. The maximum absolute atomic E-state index is 10.6. The Morgan fingerprint density at radius 1 is 1.39 bits per heavy atom. The van der Waals surface area contributed by atoms with Crippen molar-refractivity contribution in [2.24, 2.45) is 5.41 Å². The number of benzene rings is 1. The van der Waals surface area contributed by atoms with Gasteiger partial charge in [-0.15, -0.1) is 0 Å². The summed E-state index contributed by atoms with van der Waals surface area (Å²) < 4.78 is 5.84. The molecule has 1 aromatic carbocycles. The molecule has 1 aliphatic carbocycles. The normalized spacial score (nSPS) is 17.7. The van der Waals surface area contributed by atoms with Crippen LogP contribution in [0.15, 0.2) is 18.2 Å². The third-order valence-electron chi connectivity index (χ3n) is 3.57. The largest absolute Gasteiger partial charge is 0.491 e. The van der Waals surface area contributed by atoms with E-state index in [1.54, 1.807) is 18.2 Å². The molecular formula is C14H16BrClO2. The number of ether oxygens (including phenoxy) is 1. The molecule has 0 heterocycles. The average Bonchev–Trinajstić information content (AvgIpc) is 2.86. The molecule has 0 atom stereocenters. The number of carbonyl (C=O) groups excluding carboxylic acids is 1. The van der Waals surface area contributed by atoms with E-state index in [9.17, 15) is 4.79 Å². The maximum Gasteiger partial charge on any atom is 0.150 e. The zero-order chi connectivity index (χ0) is 13.0. The van der Waals surface area contributed by atoms with E-state index in [0.29, 0.717) is 22.9 Å². The number of hydrogen-bond acceptors (Lipinski definition) is 2. The molecule has 0 N–H and O–H groups in total. The van der Waals surface area contributed by atoms with Gasteiger partial charge in [0.2, 0.25) is 0 Å². The van der Waals surface area contributed by atoms with Gasteiger partial charge in [0, 0.05) is 16.3 Å². The van der Waals surface area contributed by atoms with Crippen LogP contribution in [-0.2, 0) is 0 Å². The summed E-state index contributed by atoms with van der Waals surface area (Å²) in [5.41, 5.74) is 0.815. The van der Waals surface area contributed by atoms with E-state index >= 15 is 0 Å². The lowest BCUT2D eigenvalue weighted by molar-refractivity contribution is 0.112. The van der Waals surface area contributed by atoms with Crippen molar-refractivity contribution >= 4 is 33.8 Å². The van der Waals surface area contributed by atoms with Crippen molar-refractivity contribution in [2.45, 2.75) is 25.7 Å². The molecule has 18 heavy (non-hydrogen) atoms. The molecule has 1 aromatic rings. The predicted octanol–water partition coefficient (Wildman–Crippen LogP) is 4.49. The van der Waals surface area contributed by atoms with Gasteiger partial charge in [-0.1, -0.05) is 40.4 Å². The Balaban J connectivity index is 2.03. The smallest absolute Gasteiger partial charge is 0.150 e. The fourth-order valence-electron chi connectivity index (χ4n) is 2.38. The molecule has 0 spiro atoms. The number of halogens is 2. The van der Waals surface area contributed by atoms with Gasteiger partial charge in [0.25, 0.3) is 0 Å². The topological polar surface area (TPSA) is 26.3 Å². The summed E-state index contributed by atoms with van der Waals surface area (Å²) in [6, 6.07) is 5.13. The lowest BCUT2D eigenvalue weighted by atomic mass is 9.90. The Bertz CT molecular complexity index is 428. The third kappa shape index (κ3) is 3.07. The van der Waals surface area contributed by atoms with E-state index in [-0.39, 0.29) is 5.41 Å². The Morgan fingerprint density at radius 3 is 2.67 bits per heavy atom. The molecule has 0 bridgehead atoms. The second-order valence-corrected chi connectivity index (χ2v) is 5.91. The van der Waals surface area contributed by atoms with Crippen molar-refractivity contribution in [2.75, 3.05) is 11.9 Å². The number of aldehydes is 1. The van der Waals surface area contributed by atoms with Crippen LogP contribution in [0.3, 0.4) is 0 Å². The van der Waals surface area contributed by atoms with Gasteiger partial charge < -0.3 is 4.74 Å². The van der Waals surface area contributed by atoms with Gasteiger partial charge in [-0.05, 0) is 31.0 Å². The molecule has 2 rings (SSSR count). The first-order valence-corrected chi connectivity index (χ1v) is 7.63. The SMILES string of the molecule is O=Cc1ccc(OCC2(CBr)CCCC2)c(Cl)c1. The molecule has 0 unspecified atom stereocenters. The third-order valence-corrected chi connectivity index (χ3v) is 5.06. The van der Waals surface area contributed by atoms with E-state index in [1.165, 1.54) is 25.7 Å². The van der Waals surface area contributed by atoms with Crippen LogP contribution in [0.2, 0.25) is 5.02 Å². The van der Waals surface area contributed by atoms with Crippen LogP contribution in [-0.4, -0.2) is 18.2 Å². The molecule has 0 aliphatic heterocycles. The number of carbonyl (C=O) groups is 1. The molecule has 1 aliphatic rings. The van der Waals surface area contributed by atoms with Gasteiger partial charge in [-0.3, -0.25) is 4.79 Å². The lowest BCUT2D eigenvalue weighted by Gasteiger charge is -2.26. The molecular weight excluding hydrogens is 316 g/mol. The van der Waals surface area contributed by atoms with Crippen molar-refractivity contribution in [3.8, 4) is 5.75 Å². The Labute approximate surface area is 121 Å². The Morgan fingerprint density at radius 2 is 2.11 bits per heavy atom. The average molecular weight is 332 g/mol. The van der Waals surface area contributed by atoms with Gasteiger partial charge >= 0.3 is 0 Å². The van der Waals surface area contributed by atoms with Crippen LogP contribution < -0.4 is 4.74 Å². The second-order valence-electron chi connectivity index (χ2n) is 4.94. The molecule has 0 amide bonds. The molecule has 1 fully saturated rings. The quantitative estimate of drug-likeness (QED) is 0.587. The van der Waals surface area contributed by atoms with Crippen molar-refractivity contribution in [1.29, 1.82) is 0 Å². The highest BCUT2D eigenvalue weighted by atomic mass is 79.9.